The first-order valence-electron chi connectivity index (χ1n) is 9.14. The van der Waals surface area contributed by atoms with E-state index in [0.717, 1.165) is 38.2 Å². The lowest BCUT2D eigenvalue weighted by molar-refractivity contribution is 0.174. The van der Waals surface area contributed by atoms with E-state index in [1.165, 1.54) is 6.42 Å². The summed E-state index contributed by atoms with van der Waals surface area (Å²) in [7, 11) is -3.03. The van der Waals surface area contributed by atoms with Crippen LogP contribution in [0.2, 0.25) is 0 Å². The van der Waals surface area contributed by atoms with Crippen LogP contribution in [0.5, 0.6) is 0 Å². The molecule has 8 heteroatoms. The van der Waals surface area contributed by atoms with Gasteiger partial charge in [-0.2, -0.15) is 5.10 Å². The number of hydrogen-bond donors (Lipinski definition) is 0. The van der Waals surface area contributed by atoms with Crippen LogP contribution in [0.1, 0.15) is 39.2 Å². The van der Waals surface area contributed by atoms with Crippen LogP contribution in [0, 0.1) is 0 Å². The molecule has 0 unspecified atom stereocenters. The molecule has 7 nitrogen and oxygen atoms in total. The summed E-state index contributed by atoms with van der Waals surface area (Å²) in [6.45, 7) is 7.51. The Morgan fingerprint density at radius 3 is 2.60 bits per heavy atom. The van der Waals surface area contributed by atoms with Gasteiger partial charge in [0.2, 0.25) is 0 Å². The Balaban J connectivity index is 1.64. The van der Waals surface area contributed by atoms with Crippen LogP contribution in [0.25, 0.3) is 0 Å². The van der Waals surface area contributed by atoms with Gasteiger partial charge < -0.3 is 9.80 Å². The van der Waals surface area contributed by atoms with E-state index in [-0.39, 0.29) is 22.6 Å². The molecule has 0 bridgehead atoms. The van der Waals surface area contributed by atoms with E-state index in [4.69, 9.17) is 0 Å². The fourth-order valence-electron chi connectivity index (χ4n) is 3.36. The quantitative estimate of drug-likeness (QED) is 0.743. The molecular formula is C17H28N4O3S. The second kappa shape index (κ2) is 7.45. The topological polar surface area (TPSA) is 75.5 Å². The zero-order valence-electron chi connectivity index (χ0n) is 15.1. The maximum absolute atomic E-state index is 12.5. The summed E-state index contributed by atoms with van der Waals surface area (Å²) in [5.74, 6) is 0.174. The first kappa shape index (κ1) is 18.4. The normalized spacial score (nSPS) is 22.2. The highest BCUT2D eigenvalue weighted by atomic mass is 32.2. The molecule has 0 N–H and O–H groups in total. The molecule has 2 saturated heterocycles. The summed E-state index contributed by atoms with van der Waals surface area (Å²) >= 11 is 0. The molecule has 3 rings (SSSR count). The monoisotopic (exact) mass is 368 g/mol. The van der Waals surface area contributed by atoms with Gasteiger partial charge in [0.1, 0.15) is 0 Å². The molecule has 0 aromatic carbocycles. The first-order valence-corrected chi connectivity index (χ1v) is 10.9. The number of nitrogens with zero attached hydrogens (tertiary/aromatic N) is 4. The van der Waals surface area contributed by atoms with Gasteiger partial charge in [-0.05, 0) is 39.7 Å². The van der Waals surface area contributed by atoms with Gasteiger partial charge in [-0.3, -0.25) is 4.79 Å². The Kier molecular flexibility index (Phi) is 5.48. The zero-order chi connectivity index (χ0) is 18.0. The number of aromatic nitrogens is 2. The molecule has 0 amide bonds. The maximum atomic E-state index is 12.5. The summed E-state index contributed by atoms with van der Waals surface area (Å²) in [4.78, 5) is 16.8. The Bertz CT molecular complexity index is 755. The number of likely N-dealkylation sites (tertiary alicyclic amines) is 1. The summed E-state index contributed by atoms with van der Waals surface area (Å²) in [6, 6.07) is 1.70. The molecule has 1 atom stereocenters. The second-order valence-electron chi connectivity index (χ2n) is 7.35. The van der Waals surface area contributed by atoms with Crippen LogP contribution < -0.4 is 10.5 Å². The van der Waals surface area contributed by atoms with E-state index in [2.05, 4.69) is 14.9 Å². The summed E-state index contributed by atoms with van der Waals surface area (Å²) in [5, 5.41) is 4.05. The van der Waals surface area contributed by atoms with Gasteiger partial charge in [-0.15, -0.1) is 0 Å². The van der Waals surface area contributed by atoms with Crippen molar-refractivity contribution in [3.05, 3.63) is 22.6 Å². The average Bonchev–Trinajstić information content (AvgIpc) is 2.52. The third-order valence-corrected chi connectivity index (χ3v) is 7.46. The van der Waals surface area contributed by atoms with Crippen molar-refractivity contribution < 1.29 is 8.42 Å². The fraction of sp³-hybridized carbons (Fsp3) is 0.765. The van der Waals surface area contributed by atoms with Crippen LogP contribution in [0.15, 0.2) is 17.1 Å². The molecular weight excluding hydrogens is 340 g/mol. The molecule has 25 heavy (non-hydrogen) atoms. The predicted octanol–water partition coefficient (Wildman–Crippen LogP) is 0.913. The van der Waals surface area contributed by atoms with Gasteiger partial charge in [0.05, 0.1) is 28.9 Å². The van der Waals surface area contributed by atoms with Crippen molar-refractivity contribution in [3.63, 3.8) is 0 Å². The molecule has 0 aliphatic carbocycles. The SMILES string of the molecule is CC(C)S(=O)(=O)CCN1CCC[C@@H](n2ncc(N3CCC3)cc2=O)C1. The van der Waals surface area contributed by atoms with Crippen LogP contribution in [-0.2, 0) is 9.84 Å². The smallest absolute Gasteiger partial charge is 0.269 e. The lowest BCUT2D eigenvalue weighted by atomic mass is 10.1. The van der Waals surface area contributed by atoms with Crippen molar-refractivity contribution in [2.75, 3.05) is 43.4 Å². The fourth-order valence-corrected chi connectivity index (χ4v) is 4.34. The third kappa shape index (κ3) is 4.23. The number of rotatable bonds is 6. The minimum atomic E-state index is -3.03. The molecule has 0 saturated carbocycles. The van der Waals surface area contributed by atoms with Crippen LogP contribution in [-0.4, -0.2) is 66.8 Å². The van der Waals surface area contributed by atoms with E-state index >= 15 is 0 Å². The molecule has 1 aromatic rings. The maximum Gasteiger partial charge on any atom is 0.269 e. The van der Waals surface area contributed by atoms with Crippen LogP contribution in [0.3, 0.4) is 0 Å². The van der Waals surface area contributed by atoms with Gasteiger partial charge in [0.15, 0.2) is 9.84 Å². The number of piperidine rings is 1. The first-order chi connectivity index (χ1) is 11.9. The molecule has 2 aliphatic heterocycles. The highest BCUT2D eigenvalue weighted by Gasteiger charge is 2.25. The minimum absolute atomic E-state index is 0.0217. The predicted molar refractivity (Wildman–Crippen MR) is 99.0 cm³/mol. The zero-order valence-corrected chi connectivity index (χ0v) is 15.9. The Hall–Kier alpha value is -1.41. The number of anilines is 1. The van der Waals surface area contributed by atoms with Crippen molar-refractivity contribution in [1.29, 1.82) is 0 Å². The molecule has 2 aliphatic rings. The van der Waals surface area contributed by atoms with E-state index < -0.39 is 9.84 Å². The van der Waals surface area contributed by atoms with Gasteiger partial charge in [0, 0.05) is 32.2 Å². The Morgan fingerprint density at radius 1 is 1.24 bits per heavy atom. The van der Waals surface area contributed by atoms with Gasteiger partial charge in [-0.1, -0.05) is 0 Å². The lowest BCUT2D eigenvalue weighted by Gasteiger charge is -2.34. The summed E-state index contributed by atoms with van der Waals surface area (Å²) in [5.41, 5.74) is 0.842. The highest BCUT2D eigenvalue weighted by molar-refractivity contribution is 7.92. The molecule has 3 heterocycles. The van der Waals surface area contributed by atoms with Gasteiger partial charge >= 0.3 is 0 Å². The molecule has 0 radical (unpaired) electrons. The Labute approximate surface area is 149 Å². The molecule has 0 spiro atoms. The lowest BCUT2D eigenvalue weighted by Crippen LogP contribution is -2.43. The largest absolute Gasteiger partial charge is 0.370 e. The van der Waals surface area contributed by atoms with E-state index in [9.17, 15) is 13.2 Å². The van der Waals surface area contributed by atoms with E-state index in [1.54, 1.807) is 30.8 Å². The Morgan fingerprint density at radius 2 is 2.00 bits per heavy atom. The standard InChI is InChI=1S/C17H28N4O3S/c1-14(2)25(23,24)10-9-19-6-3-5-15(13-19)21-17(22)11-16(12-18-21)20-7-4-8-20/h11-12,14-15H,3-10,13H2,1-2H3/t15-/m1/s1. The minimum Gasteiger partial charge on any atom is -0.370 e. The van der Waals surface area contributed by atoms with Gasteiger partial charge in [0.25, 0.3) is 5.56 Å². The third-order valence-electron chi connectivity index (χ3n) is 5.27. The van der Waals surface area contributed by atoms with Crippen LogP contribution in [0.4, 0.5) is 5.69 Å². The number of sulfone groups is 1. The van der Waals surface area contributed by atoms with Crippen molar-refractivity contribution in [2.45, 2.75) is 44.4 Å². The number of hydrogen-bond acceptors (Lipinski definition) is 6. The average molecular weight is 369 g/mol. The van der Waals surface area contributed by atoms with E-state index in [1.807, 2.05) is 0 Å². The van der Waals surface area contributed by atoms with Crippen molar-refractivity contribution >= 4 is 15.5 Å². The van der Waals surface area contributed by atoms with E-state index in [0.29, 0.717) is 13.1 Å². The van der Waals surface area contributed by atoms with Gasteiger partial charge in [-0.25, -0.2) is 13.1 Å². The summed E-state index contributed by atoms with van der Waals surface area (Å²) in [6.07, 6.45) is 4.81. The highest BCUT2D eigenvalue weighted by Crippen LogP contribution is 2.21. The van der Waals surface area contributed by atoms with Crippen molar-refractivity contribution in [2.24, 2.45) is 0 Å². The second-order valence-corrected chi connectivity index (χ2v) is 10.0. The molecule has 2 fully saturated rings. The summed E-state index contributed by atoms with van der Waals surface area (Å²) < 4.78 is 25.6. The van der Waals surface area contributed by atoms with Crippen LogP contribution >= 0.6 is 0 Å². The molecule has 140 valence electrons. The van der Waals surface area contributed by atoms with Crippen molar-refractivity contribution in [1.82, 2.24) is 14.7 Å². The van der Waals surface area contributed by atoms with Crippen molar-refractivity contribution in [3.8, 4) is 0 Å². The molecule has 1 aromatic heterocycles.